The molecule has 0 atom stereocenters. The predicted octanol–water partition coefficient (Wildman–Crippen LogP) is 0.163. The highest BCUT2D eigenvalue weighted by Gasteiger charge is 2.01. The first kappa shape index (κ1) is 13.4. The predicted molar refractivity (Wildman–Crippen MR) is 66.7 cm³/mol. The third kappa shape index (κ3) is 5.28. The summed E-state index contributed by atoms with van der Waals surface area (Å²) in [6.07, 6.45) is 2.56. The molecule has 0 aliphatic heterocycles. The average Bonchev–Trinajstić information content (AvgIpc) is 2.32. The number of nitrogens with one attached hydrogen (secondary N) is 2. The molecule has 6 heteroatoms. The number of aromatic nitrogens is 1. The van der Waals surface area contributed by atoms with Gasteiger partial charge in [-0.1, -0.05) is 0 Å². The second-order valence-electron chi connectivity index (χ2n) is 3.52. The van der Waals surface area contributed by atoms with Gasteiger partial charge in [0, 0.05) is 26.1 Å². The normalized spacial score (nSPS) is 10.0. The molecule has 0 saturated heterocycles. The summed E-state index contributed by atoms with van der Waals surface area (Å²) in [5, 5.41) is 14.4. The van der Waals surface area contributed by atoms with Crippen LogP contribution in [0.2, 0.25) is 0 Å². The average molecular weight is 238 g/mol. The number of amides is 1. The molecule has 5 N–H and O–H groups in total. The van der Waals surface area contributed by atoms with Crippen LogP contribution in [-0.2, 0) is 4.79 Å². The number of hydrogen-bond acceptors (Lipinski definition) is 5. The lowest BCUT2D eigenvalue weighted by Crippen LogP contribution is -2.16. The second-order valence-corrected chi connectivity index (χ2v) is 3.52. The van der Waals surface area contributed by atoms with E-state index in [1.165, 1.54) is 0 Å². The van der Waals surface area contributed by atoms with Gasteiger partial charge in [-0.3, -0.25) is 4.79 Å². The van der Waals surface area contributed by atoms with Gasteiger partial charge in [0.25, 0.3) is 0 Å². The molecule has 0 unspecified atom stereocenters. The third-order valence-electron chi connectivity index (χ3n) is 2.06. The molecule has 0 fully saturated rings. The molecule has 1 aromatic heterocycles. The van der Waals surface area contributed by atoms with Crippen molar-refractivity contribution in [2.24, 2.45) is 5.73 Å². The number of rotatable bonds is 7. The van der Waals surface area contributed by atoms with E-state index in [9.17, 15) is 4.79 Å². The van der Waals surface area contributed by atoms with Crippen LogP contribution in [0.3, 0.4) is 0 Å². The summed E-state index contributed by atoms with van der Waals surface area (Å²) in [4.78, 5) is 15.4. The van der Waals surface area contributed by atoms with Crippen molar-refractivity contribution in [3.05, 3.63) is 18.3 Å². The summed E-state index contributed by atoms with van der Waals surface area (Å²) in [6.45, 7) is 1.16. The molecule has 1 rings (SSSR count). The quantitative estimate of drug-likeness (QED) is 0.507. The smallest absolute Gasteiger partial charge is 0.225 e. The van der Waals surface area contributed by atoms with E-state index in [-0.39, 0.29) is 12.5 Å². The van der Waals surface area contributed by atoms with Crippen LogP contribution in [0, 0.1) is 0 Å². The second kappa shape index (κ2) is 7.59. The maximum absolute atomic E-state index is 11.2. The van der Waals surface area contributed by atoms with E-state index in [0.29, 0.717) is 31.6 Å². The van der Waals surface area contributed by atoms with Crippen molar-refractivity contribution >= 4 is 17.4 Å². The Kier molecular flexibility index (Phi) is 5.98. The Bertz CT molecular complexity index is 340. The highest BCUT2D eigenvalue weighted by Crippen LogP contribution is 2.09. The zero-order valence-corrected chi connectivity index (χ0v) is 9.65. The van der Waals surface area contributed by atoms with E-state index in [1.807, 2.05) is 0 Å². The number of nitrogens with zero attached hydrogens (tertiary/aromatic N) is 1. The Morgan fingerprint density at radius 1 is 1.47 bits per heavy atom. The number of aliphatic hydroxyl groups excluding tert-OH is 1. The molecule has 1 heterocycles. The fourth-order valence-electron chi connectivity index (χ4n) is 1.22. The van der Waals surface area contributed by atoms with Gasteiger partial charge in [0.05, 0.1) is 11.9 Å². The van der Waals surface area contributed by atoms with Crippen molar-refractivity contribution in [2.75, 3.05) is 30.3 Å². The van der Waals surface area contributed by atoms with Gasteiger partial charge in [0.15, 0.2) is 0 Å². The zero-order chi connectivity index (χ0) is 12.5. The highest BCUT2D eigenvalue weighted by molar-refractivity contribution is 5.90. The van der Waals surface area contributed by atoms with E-state index in [1.54, 1.807) is 18.3 Å². The van der Waals surface area contributed by atoms with Crippen LogP contribution < -0.4 is 16.4 Å². The number of nitrogens with two attached hydrogens (primary N) is 1. The molecular weight excluding hydrogens is 220 g/mol. The summed E-state index contributed by atoms with van der Waals surface area (Å²) in [5.41, 5.74) is 5.92. The minimum Gasteiger partial charge on any atom is -0.396 e. The van der Waals surface area contributed by atoms with Crippen molar-refractivity contribution in [3.63, 3.8) is 0 Å². The van der Waals surface area contributed by atoms with Crippen molar-refractivity contribution in [1.82, 2.24) is 4.98 Å². The lowest BCUT2D eigenvalue weighted by atomic mass is 10.3. The number of anilines is 2. The first-order valence-electron chi connectivity index (χ1n) is 5.57. The SMILES string of the molecule is NCCC(=O)Nc1ccc(NCCCO)nc1. The summed E-state index contributed by atoms with van der Waals surface area (Å²) in [5.74, 6) is 0.602. The topological polar surface area (TPSA) is 100 Å². The Labute approximate surface area is 100 Å². The van der Waals surface area contributed by atoms with Crippen molar-refractivity contribution in [1.29, 1.82) is 0 Å². The maximum atomic E-state index is 11.2. The lowest BCUT2D eigenvalue weighted by Gasteiger charge is -2.06. The Morgan fingerprint density at radius 3 is 2.88 bits per heavy atom. The molecular formula is C11H18N4O2. The molecule has 1 amide bonds. The van der Waals surface area contributed by atoms with Crippen LogP contribution in [0.4, 0.5) is 11.5 Å². The van der Waals surface area contributed by atoms with Gasteiger partial charge < -0.3 is 21.5 Å². The number of pyridine rings is 1. The number of carbonyl (C=O) groups excluding carboxylic acids is 1. The summed E-state index contributed by atoms with van der Waals surface area (Å²) >= 11 is 0. The lowest BCUT2D eigenvalue weighted by molar-refractivity contribution is -0.116. The maximum Gasteiger partial charge on any atom is 0.225 e. The van der Waals surface area contributed by atoms with Crippen LogP contribution >= 0.6 is 0 Å². The molecule has 0 aromatic carbocycles. The largest absolute Gasteiger partial charge is 0.396 e. The number of aliphatic hydroxyl groups is 1. The minimum atomic E-state index is -0.115. The molecule has 0 aliphatic rings. The van der Waals surface area contributed by atoms with Crippen LogP contribution in [0.5, 0.6) is 0 Å². The third-order valence-corrected chi connectivity index (χ3v) is 2.06. The van der Waals surface area contributed by atoms with Crippen molar-refractivity contribution < 1.29 is 9.90 Å². The molecule has 0 spiro atoms. The summed E-state index contributed by atoms with van der Waals surface area (Å²) in [7, 11) is 0. The standard InChI is InChI=1S/C11H18N4O2/c12-5-4-11(17)15-9-2-3-10(14-8-9)13-6-1-7-16/h2-3,8,16H,1,4-7,12H2,(H,13,14)(H,15,17). The van der Waals surface area contributed by atoms with Crippen LogP contribution in [-0.4, -0.2) is 35.7 Å². The highest BCUT2D eigenvalue weighted by atomic mass is 16.3. The number of carbonyl (C=O) groups is 1. The van der Waals surface area contributed by atoms with E-state index in [4.69, 9.17) is 10.8 Å². The Balaban J connectivity index is 2.41. The molecule has 1 aromatic rings. The summed E-state index contributed by atoms with van der Waals surface area (Å²) < 4.78 is 0. The Hall–Kier alpha value is -1.66. The van der Waals surface area contributed by atoms with Gasteiger partial charge in [0.2, 0.25) is 5.91 Å². The molecule has 0 bridgehead atoms. The van der Waals surface area contributed by atoms with Gasteiger partial charge >= 0.3 is 0 Å². The van der Waals surface area contributed by atoms with Crippen LogP contribution in [0.15, 0.2) is 18.3 Å². The van der Waals surface area contributed by atoms with E-state index in [0.717, 1.165) is 5.82 Å². The molecule has 17 heavy (non-hydrogen) atoms. The fraction of sp³-hybridized carbons (Fsp3) is 0.455. The van der Waals surface area contributed by atoms with Crippen LogP contribution in [0.1, 0.15) is 12.8 Å². The van der Waals surface area contributed by atoms with Crippen molar-refractivity contribution in [3.8, 4) is 0 Å². The zero-order valence-electron chi connectivity index (χ0n) is 9.65. The van der Waals surface area contributed by atoms with Crippen molar-refractivity contribution in [2.45, 2.75) is 12.8 Å². The molecule has 0 saturated carbocycles. The first-order chi connectivity index (χ1) is 8.26. The Morgan fingerprint density at radius 2 is 2.29 bits per heavy atom. The summed E-state index contributed by atoms with van der Waals surface area (Å²) in [6, 6.07) is 3.54. The van der Waals surface area contributed by atoms with Gasteiger partial charge in [-0.2, -0.15) is 0 Å². The van der Waals surface area contributed by atoms with E-state index >= 15 is 0 Å². The van der Waals surface area contributed by atoms with Gasteiger partial charge in [0.1, 0.15) is 5.82 Å². The molecule has 0 radical (unpaired) electrons. The molecule has 0 aliphatic carbocycles. The monoisotopic (exact) mass is 238 g/mol. The van der Waals surface area contributed by atoms with E-state index < -0.39 is 0 Å². The van der Waals surface area contributed by atoms with Gasteiger partial charge in [-0.05, 0) is 18.6 Å². The first-order valence-corrected chi connectivity index (χ1v) is 5.57. The fourth-order valence-corrected chi connectivity index (χ4v) is 1.22. The number of hydrogen-bond donors (Lipinski definition) is 4. The van der Waals surface area contributed by atoms with Crippen LogP contribution in [0.25, 0.3) is 0 Å². The minimum absolute atomic E-state index is 0.115. The van der Waals surface area contributed by atoms with Gasteiger partial charge in [-0.25, -0.2) is 4.98 Å². The van der Waals surface area contributed by atoms with Gasteiger partial charge in [-0.15, -0.1) is 0 Å². The molecule has 6 nitrogen and oxygen atoms in total. The van der Waals surface area contributed by atoms with E-state index in [2.05, 4.69) is 15.6 Å². The molecule has 94 valence electrons.